The summed E-state index contributed by atoms with van der Waals surface area (Å²) in [6.07, 6.45) is 3.69. The van der Waals surface area contributed by atoms with Crippen LogP contribution >= 0.6 is 0 Å². The largest absolute Gasteiger partial charge is 0.447 e. The minimum absolute atomic E-state index is 0.0410. The summed E-state index contributed by atoms with van der Waals surface area (Å²) in [5.74, 6) is 0.578. The van der Waals surface area contributed by atoms with Crippen LogP contribution in [0.15, 0.2) is 34.0 Å². The molecule has 0 fully saturated rings. The van der Waals surface area contributed by atoms with Crippen molar-refractivity contribution >= 4 is 10.0 Å². The summed E-state index contributed by atoms with van der Waals surface area (Å²) in [5.41, 5.74) is 1.06. The highest BCUT2D eigenvalue weighted by molar-refractivity contribution is 7.88. The van der Waals surface area contributed by atoms with Crippen molar-refractivity contribution in [2.45, 2.75) is 18.2 Å². The van der Waals surface area contributed by atoms with Crippen LogP contribution < -0.4 is 5.32 Å². The number of furan rings is 1. The number of aromatic nitrogens is 2. The van der Waals surface area contributed by atoms with Gasteiger partial charge in [0, 0.05) is 39.4 Å². The Morgan fingerprint density at radius 1 is 1.35 bits per heavy atom. The maximum atomic E-state index is 11.8. The summed E-state index contributed by atoms with van der Waals surface area (Å²) in [6, 6.07) is 3.13. The molecule has 0 bridgehead atoms. The number of hydrogen-bond donors (Lipinski definition) is 1. The van der Waals surface area contributed by atoms with E-state index in [4.69, 9.17) is 4.42 Å². The normalized spacial score (nSPS) is 12.2. The number of aryl methyl sites for hydroxylation is 1. The quantitative estimate of drug-likeness (QED) is 0.842. The molecule has 0 aliphatic rings. The molecule has 0 spiro atoms. The lowest BCUT2D eigenvalue weighted by atomic mass is 10.3. The van der Waals surface area contributed by atoms with Crippen LogP contribution in [0, 0.1) is 0 Å². The molecule has 0 amide bonds. The molecule has 0 aromatic carbocycles. The lowest BCUT2D eigenvalue weighted by molar-refractivity contribution is 0.389. The summed E-state index contributed by atoms with van der Waals surface area (Å²) < 4.78 is 31.9. The standard InChI is InChI=1S/C12H18N4O3S/c1-15(2)20(17,18)12-5-4-11(19-12)8-13-6-10-7-14-16(3)9-10/h4-5,7,9,13H,6,8H2,1-3H3. The van der Waals surface area contributed by atoms with Crippen LogP contribution in [-0.4, -0.2) is 36.6 Å². The highest BCUT2D eigenvalue weighted by Crippen LogP contribution is 2.16. The minimum Gasteiger partial charge on any atom is -0.447 e. The Bertz CT molecular complexity index is 672. The van der Waals surface area contributed by atoms with E-state index in [2.05, 4.69) is 10.4 Å². The summed E-state index contributed by atoms with van der Waals surface area (Å²) in [5, 5.41) is 7.20. The lowest BCUT2D eigenvalue weighted by Gasteiger charge is -2.07. The third-order valence-electron chi connectivity index (χ3n) is 2.76. The highest BCUT2D eigenvalue weighted by atomic mass is 32.2. The van der Waals surface area contributed by atoms with Crippen molar-refractivity contribution in [2.24, 2.45) is 7.05 Å². The van der Waals surface area contributed by atoms with E-state index in [-0.39, 0.29) is 5.09 Å². The molecular formula is C12H18N4O3S. The van der Waals surface area contributed by atoms with Gasteiger partial charge in [-0.15, -0.1) is 0 Å². The number of rotatable bonds is 6. The first-order chi connectivity index (χ1) is 9.39. The van der Waals surface area contributed by atoms with Crippen LogP contribution in [0.5, 0.6) is 0 Å². The van der Waals surface area contributed by atoms with Gasteiger partial charge in [0.25, 0.3) is 10.0 Å². The van der Waals surface area contributed by atoms with Crippen LogP contribution in [0.1, 0.15) is 11.3 Å². The maximum Gasteiger partial charge on any atom is 0.275 e. The van der Waals surface area contributed by atoms with E-state index in [1.807, 2.05) is 13.2 Å². The molecule has 110 valence electrons. The van der Waals surface area contributed by atoms with Gasteiger partial charge >= 0.3 is 0 Å². The van der Waals surface area contributed by atoms with Gasteiger partial charge in [0.05, 0.1) is 12.7 Å². The van der Waals surface area contributed by atoms with E-state index >= 15 is 0 Å². The molecule has 2 rings (SSSR count). The van der Waals surface area contributed by atoms with Crippen molar-refractivity contribution in [3.63, 3.8) is 0 Å². The monoisotopic (exact) mass is 298 g/mol. The van der Waals surface area contributed by atoms with Crippen molar-refractivity contribution in [3.8, 4) is 0 Å². The molecule has 0 unspecified atom stereocenters. The van der Waals surface area contributed by atoms with E-state index in [1.54, 1.807) is 16.9 Å². The zero-order chi connectivity index (χ0) is 14.8. The van der Waals surface area contributed by atoms with Crippen molar-refractivity contribution in [1.29, 1.82) is 0 Å². The second-order valence-corrected chi connectivity index (χ2v) is 6.72. The molecule has 0 aliphatic heterocycles. The second kappa shape index (κ2) is 5.78. The van der Waals surface area contributed by atoms with Crippen LogP contribution in [0.2, 0.25) is 0 Å². The average Bonchev–Trinajstić information content (AvgIpc) is 2.99. The molecule has 20 heavy (non-hydrogen) atoms. The van der Waals surface area contributed by atoms with Gasteiger partial charge in [0.2, 0.25) is 5.09 Å². The molecule has 2 aromatic heterocycles. The average molecular weight is 298 g/mol. The van der Waals surface area contributed by atoms with Gasteiger partial charge in [-0.05, 0) is 12.1 Å². The van der Waals surface area contributed by atoms with Crippen molar-refractivity contribution < 1.29 is 12.8 Å². The topological polar surface area (TPSA) is 80.4 Å². The Kier molecular flexibility index (Phi) is 4.26. The van der Waals surface area contributed by atoms with Gasteiger partial charge in [0.15, 0.2) is 0 Å². The fourth-order valence-corrected chi connectivity index (χ4v) is 2.48. The van der Waals surface area contributed by atoms with Crippen molar-refractivity contribution in [1.82, 2.24) is 19.4 Å². The predicted octanol–water partition coefficient (Wildman–Crippen LogP) is 0.553. The molecule has 1 N–H and O–H groups in total. The molecule has 0 saturated heterocycles. The molecular weight excluding hydrogens is 280 g/mol. The molecule has 2 aromatic rings. The van der Waals surface area contributed by atoms with Crippen LogP contribution in [0.3, 0.4) is 0 Å². The molecule has 0 aliphatic carbocycles. The van der Waals surface area contributed by atoms with E-state index in [0.717, 1.165) is 9.87 Å². The molecule has 0 saturated carbocycles. The molecule has 7 nitrogen and oxygen atoms in total. The maximum absolute atomic E-state index is 11.8. The van der Waals surface area contributed by atoms with Gasteiger partial charge in [-0.2, -0.15) is 5.10 Å². The second-order valence-electron chi connectivity index (χ2n) is 4.63. The van der Waals surface area contributed by atoms with E-state index in [0.29, 0.717) is 18.8 Å². The summed E-state index contributed by atoms with van der Waals surface area (Å²) >= 11 is 0. The van der Waals surface area contributed by atoms with E-state index in [1.165, 1.54) is 20.2 Å². The minimum atomic E-state index is -3.50. The van der Waals surface area contributed by atoms with Crippen molar-refractivity contribution in [2.75, 3.05) is 14.1 Å². The SMILES string of the molecule is CN(C)S(=O)(=O)c1ccc(CNCc2cnn(C)c2)o1. The lowest BCUT2D eigenvalue weighted by Crippen LogP contribution is -2.21. The van der Waals surface area contributed by atoms with Crippen LogP contribution in [0.25, 0.3) is 0 Å². The van der Waals surface area contributed by atoms with Crippen LogP contribution in [0.4, 0.5) is 0 Å². The van der Waals surface area contributed by atoms with Gasteiger partial charge in [-0.25, -0.2) is 12.7 Å². The fraction of sp³-hybridized carbons (Fsp3) is 0.417. The molecule has 0 atom stereocenters. The molecule has 8 heteroatoms. The number of nitrogens with zero attached hydrogens (tertiary/aromatic N) is 3. The Morgan fingerprint density at radius 2 is 2.10 bits per heavy atom. The summed E-state index contributed by atoms with van der Waals surface area (Å²) in [6.45, 7) is 1.10. The number of hydrogen-bond acceptors (Lipinski definition) is 5. The molecule has 0 radical (unpaired) electrons. The summed E-state index contributed by atoms with van der Waals surface area (Å²) in [4.78, 5) is 0. The zero-order valence-corrected chi connectivity index (χ0v) is 12.5. The van der Waals surface area contributed by atoms with Gasteiger partial charge < -0.3 is 9.73 Å². The van der Waals surface area contributed by atoms with E-state index < -0.39 is 10.0 Å². The predicted molar refractivity (Wildman–Crippen MR) is 73.3 cm³/mol. The third-order valence-corrected chi connectivity index (χ3v) is 4.45. The van der Waals surface area contributed by atoms with Gasteiger partial charge in [0.1, 0.15) is 5.76 Å². The van der Waals surface area contributed by atoms with Crippen molar-refractivity contribution in [3.05, 3.63) is 35.9 Å². The number of nitrogens with one attached hydrogen (secondary N) is 1. The zero-order valence-electron chi connectivity index (χ0n) is 11.7. The first-order valence-corrected chi connectivity index (χ1v) is 7.53. The molecule has 2 heterocycles. The van der Waals surface area contributed by atoms with Gasteiger partial charge in [-0.3, -0.25) is 4.68 Å². The third kappa shape index (κ3) is 3.27. The fourth-order valence-electron chi connectivity index (χ4n) is 1.67. The highest BCUT2D eigenvalue weighted by Gasteiger charge is 2.21. The Labute approximate surface area is 118 Å². The summed E-state index contributed by atoms with van der Waals surface area (Å²) in [7, 11) is 1.29. The Hall–Kier alpha value is -1.64. The first-order valence-electron chi connectivity index (χ1n) is 6.09. The van der Waals surface area contributed by atoms with E-state index in [9.17, 15) is 8.42 Å². The first kappa shape index (κ1) is 14.8. The Morgan fingerprint density at radius 3 is 2.70 bits per heavy atom. The Balaban J connectivity index is 1.93. The van der Waals surface area contributed by atoms with Gasteiger partial charge in [-0.1, -0.05) is 0 Å². The smallest absolute Gasteiger partial charge is 0.275 e. The number of sulfonamides is 1. The van der Waals surface area contributed by atoms with Crippen LogP contribution in [-0.2, 0) is 30.2 Å².